The topological polar surface area (TPSA) is 72.5 Å². The highest BCUT2D eigenvalue weighted by molar-refractivity contribution is 6.78. The van der Waals surface area contributed by atoms with Crippen molar-refractivity contribution >= 4 is 14.0 Å². The van der Waals surface area contributed by atoms with Crippen LogP contribution in [0.4, 0.5) is 0 Å². The molecule has 0 aromatic carbocycles. The number of aliphatic hydroxyl groups is 1. The van der Waals surface area contributed by atoms with E-state index in [4.69, 9.17) is 5.90 Å². The fraction of sp³-hybridized carbons (Fsp3) is 0.900. The lowest BCUT2D eigenvalue weighted by molar-refractivity contribution is -0.151. The highest BCUT2D eigenvalue weighted by Gasteiger charge is 2.45. The lowest BCUT2D eigenvalue weighted by Crippen LogP contribution is -2.54. The molecule has 88 valence electrons. The lowest BCUT2D eigenvalue weighted by atomic mass is 9.87. The molecule has 0 bridgehead atoms. The Balaban J connectivity index is 2.59. The molecule has 0 amide bonds. The van der Waals surface area contributed by atoms with E-state index in [1.165, 1.54) is 0 Å². The first kappa shape index (κ1) is 12.7. The van der Waals surface area contributed by atoms with Gasteiger partial charge < -0.3 is 9.94 Å². The molecule has 0 unspecified atom stereocenters. The molecule has 1 saturated carbocycles. The van der Waals surface area contributed by atoms with Gasteiger partial charge in [0, 0.05) is 0 Å². The molecule has 1 fully saturated rings. The van der Waals surface area contributed by atoms with Gasteiger partial charge in [0.05, 0.1) is 19.2 Å². The third-order valence-electron chi connectivity index (χ3n) is 3.66. The molecule has 0 atom stereocenters. The fourth-order valence-corrected chi connectivity index (χ4v) is 3.97. The van der Waals surface area contributed by atoms with Gasteiger partial charge in [0.25, 0.3) is 0 Å². The monoisotopic (exact) mass is 231 g/mol. The Hall–Kier alpha value is -0.393. The van der Waals surface area contributed by atoms with Crippen molar-refractivity contribution in [3.63, 3.8) is 0 Å². The van der Waals surface area contributed by atoms with Crippen LogP contribution in [-0.2, 0) is 9.63 Å². The molecule has 1 aliphatic carbocycles. The zero-order chi connectivity index (χ0) is 11.7. The molecule has 0 heterocycles. The number of hydrogen-bond acceptors (Lipinski definition) is 4. The second-order valence-electron chi connectivity index (χ2n) is 5.49. The van der Waals surface area contributed by atoms with Crippen molar-refractivity contribution in [3.8, 4) is 0 Å². The largest absolute Gasteiger partial charge is 0.393 e. The molecule has 0 radical (unpaired) electrons. The Kier molecular flexibility index (Phi) is 3.58. The quantitative estimate of drug-likeness (QED) is 0.553. The molecule has 0 aliphatic heterocycles. The normalized spacial score (nSPS) is 32.5. The summed E-state index contributed by atoms with van der Waals surface area (Å²) in [5.41, 5.74) is 0. The van der Waals surface area contributed by atoms with E-state index in [9.17, 15) is 9.90 Å². The van der Waals surface area contributed by atoms with Gasteiger partial charge in [-0.1, -0.05) is 19.6 Å². The van der Waals surface area contributed by atoms with Crippen molar-refractivity contribution in [2.75, 3.05) is 0 Å². The average Bonchev–Trinajstić information content (AvgIpc) is 2.16. The highest BCUT2D eigenvalue weighted by Crippen LogP contribution is 2.38. The van der Waals surface area contributed by atoms with Gasteiger partial charge in [-0.05, 0) is 25.7 Å². The van der Waals surface area contributed by atoms with Gasteiger partial charge in [-0.3, -0.25) is 4.79 Å². The van der Waals surface area contributed by atoms with Gasteiger partial charge in [0.15, 0.2) is 0 Å². The van der Waals surface area contributed by atoms with Crippen molar-refractivity contribution in [2.45, 2.75) is 50.5 Å². The first-order valence-corrected chi connectivity index (χ1v) is 8.93. The van der Waals surface area contributed by atoms with E-state index in [1.54, 1.807) is 0 Å². The van der Waals surface area contributed by atoms with Crippen LogP contribution < -0.4 is 5.90 Å². The smallest absolute Gasteiger partial charge is 0.327 e. The number of carbonyl (C=O) groups excluding carboxylic acids is 1. The van der Waals surface area contributed by atoms with Gasteiger partial charge in [-0.25, -0.2) is 0 Å². The standard InChI is InChI=1S/C10H21NO3Si/c1-15(2,3)10(13)6-4-8(5-7-10)9(12)14-11/h8,13H,4-7,11H2,1-3H3. The predicted octanol–water partition coefficient (Wildman–Crippen LogP) is 1.20. The Morgan fingerprint density at radius 3 is 2.20 bits per heavy atom. The zero-order valence-corrected chi connectivity index (χ0v) is 10.7. The van der Waals surface area contributed by atoms with E-state index in [-0.39, 0.29) is 11.9 Å². The van der Waals surface area contributed by atoms with Crippen LogP contribution >= 0.6 is 0 Å². The summed E-state index contributed by atoms with van der Waals surface area (Å²) >= 11 is 0. The Bertz CT molecular complexity index is 242. The molecule has 1 rings (SSSR count). The van der Waals surface area contributed by atoms with Crippen molar-refractivity contribution in [3.05, 3.63) is 0 Å². The highest BCUT2D eigenvalue weighted by atomic mass is 28.3. The summed E-state index contributed by atoms with van der Waals surface area (Å²) in [4.78, 5) is 15.4. The minimum Gasteiger partial charge on any atom is -0.393 e. The van der Waals surface area contributed by atoms with E-state index in [2.05, 4.69) is 24.5 Å². The van der Waals surface area contributed by atoms with Crippen LogP contribution in [0.1, 0.15) is 25.7 Å². The van der Waals surface area contributed by atoms with E-state index < -0.39 is 13.3 Å². The summed E-state index contributed by atoms with van der Waals surface area (Å²) in [5.74, 6) is 4.39. The average molecular weight is 231 g/mol. The van der Waals surface area contributed by atoms with Gasteiger partial charge in [0.1, 0.15) is 0 Å². The van der Waals surface area contributed by atoms with Crippen molar-refractivity contribution in [1.82, 2.24) is 0 Å². The maximum atomic E-state index is 11.2. The van der Waals surface area contributed by atoms with E-state index in [1.807, 2.05) is 0 Å². The van der Waals surface area contributed by atoms with Crippen LogP contribution in [0.2, 0.25) is 19.6 Å². The molecule has 1 aliphatic rings. The maximum Gasteiger partial charge on any atom is 0.327 e. The van der Waals surface area contributed by atoms with Gasteiger partial charge in [-0.2, -0.15) is 5.90 Å². The molecule has 3 N–H and O–H groups in total. The van der Waals surface area contributed by atoms with Crippen LogP contribution in [0.3, 0.4) is 0 Å². The molecule has 0 aromatic heterocycles. The summed E-state index contributed by atoms with van der Waals surface area (Å²) in [5, 5.41) is 9.93. The summed E-state index contributed by atoms with van der Waals surface area (Å²) in [6.45, 7) is 6.48. The van der Waals surface area contributed by atoms with Gasteiger partial charge in [0.2, 0.25) is 0 Å². The van der Waals surface area contributed by atoms with Crippen LogP contribution in [-0.4, -0.2) is 24.4 Å². The van der Waals surface area contributed by atoms with Gasteiger partial charge >= 0.3 is 5.97 Å². The first-order valence-electron chi connectivity index (χ1n) is 5.43. The summed E-state index contributed by atoms with van der Waals surface area (Å²) in [6, 6.07) is 0. The first-order chi connectivity index (χ1) is 6.80. The van der Waals surface area contributed by atoms with Gasteiger partial charge in [-0.15, -0.1) is 0 Å². The van der Waals surface area contributed by atoms with Crippen molar-refractivity contribution in [1.29, 1.82) is 0 Å². The van der Waals surface area contributed by atoms with Crippen LogP contribution in [0.5, 0.6) is 0 Å². The second-order valence-corrected chi connectivity index (χ2v) is 10.9. The SMILES string of the molecule is C[Si](C)(C)C1(O)CCC(C(=O)ON)CC1. The van der Waals surface area contributed by atoms with Crippen molar-refractivity contribution in [2.24, 2.45) is 11.8 Å². The molecule has 0 spiro atoms. The molecule has 0 saturated heterocycles. The Morgan fingerprint density at radius 1 is 1.40 bits per heavy atom. The number of hydrogen-bond donors (Lipinski definition) is 2. The molecular weight excluding hydrogens is 210 g/mol. The Labute approximate surface area is 91.8 Å². The molecule has 0 aromatic rings. The predicted molar refractivity (Wildman–Crippen MR) is 60.5 cm³/mol. The van der Waals surface area contributed by atoms with E-state index in [0.29, 0.717) is 25.7 Å². The maximum absolute atomic E-state index is 11.2. The number of carbonyl (C=O) groups is 1. The molecule has 15 heavy (non-hydrogen) atoms. The molecule has 4 nitrogen and oxygen atoms in total. The minimum atomic E-state index is -1.58. The summed E-state index contributed by atoms with van der Waals surface area (Å²) in [6.07, 6.45) is 2.78. The molecular formula is C10H21NO3Si. The van der Waals surface area contributed by atoms with E-state index >= 15 is 0 Å². The third kappa shape index (κ3) is 2.59. The van der Waals surface area contributed by atoms with Crippen LogP contribution in [0, 0.1) is 5.92 Å². The summed E-state index contributed by atoms with van der Waals surface area (Å²) in [7, 11) is -1.58. The zero-order valence-electron chi connectivity index (χ0n) is 9.75. The van der Waals surface area contributed by atoms with Crippen LogP contribution in [0.25, 0.3) is 0 Å². The second kappa shape index (κ2) is 4.23. The minimum absolute atomic E-state index is 0.119. The third-order valence-corrected chi connectivity index (χ3v) is 6.95. The molecule has 5 heteroatoms. The van der Waals surface area contributed by atoms with Crippen LogP contribution in [0.15, 0.2) is 0 Å². The summed E-state index contributed by atoms with van der Waals surface area (Å²) < 4.78 is 0. The van der Waals surface area contributed by atoms with E-state index in [0.717, 1.165) is 0 Å². The number of rotatable bonds is 2. The lowest BCUT2D eigenvalue weighted by Gasteiger charge is -2.43. The van der Waals surface area contributed by atoms with Crippen molar-refractivity contribution < 1.29 is 14.7 Å². The number of nitrogens with two attached hydrogens (primary N) is 1. The fourth-order valence-electron chi connectivity index (χ4n) is 2.18. The Morgan fingerprint density at radius 2 is 1.87 bits per heavy atom.